The molecule has 0 aliphatic heterocycles. The van der Waals surface area contributed by atoms with Crippen LogP contribution in [0.2, 0.25) is 0 Å². The van der Waals surface area contributed by atoms with Crippen molar-refractivity contribution in [2.24, 2.45) is 5.73 Å². The highest BCUT2D eigenvalue weighted by Gasteiger charge is 2.28. The third-order valence-electron chi connectivity index (χ3n) is 2.99. The number of H-pyrrole nitrogens is 1. The summed E-state index contributed by atoms with van der Waals surface area (Å²) in [6.45, 7) is 0. The first-order chi connectivity index (χ1) is 7.86. The Morgan fingerprint density at radius 2 is 2.12 bits per heavy atom. The first-order valence-corrected chi connectivity index (χ1v) is 5.44. The lowest BCUT2D eigenvalue weighted by atomic mass is 9.97. The molecule has 2 aromatic rings. The normalized spacial score (nSPS) is 17.3. The molecule has 1 fully saturated rings. The van der Waals surface area contributed by atoms with Gasteiger partial charge in [0, 0.05) is 0 Å². The molecule has 3 rings (SSSR count). The predicted molar refractivity (Wildman–Crippen MR) is 58.6 cm³/mol. The fourth-order valence-corrected chi connectivity index (χ4v) is 2.00. The third kappa shape index (κ3) is 1.59. The van der Waals surface area contributed by atoms with Crippen molar-refractivity contribution in [1.82, 2.24) is 20.6 Å². The molecule has 0 bridgehead atoms. The number of aromatic amines is 1. The fraction of sp³-hybridized carbons (Fsp3) is 0.364. The summed E-state index contributed by atoms with van der Waals surface area (Å²) in [5.74, 6) is 1.22. The number of nitrogens with one attached hydrogen (secondary N) is 1. The first-order valence-electron chi connectivity index (χ1n) is 5.44. The lowest BCUT2D eigenvalue weighted by molar-refractivity contribution is 0.772. The van der Waals surface area contributed by atoms with Gasteiger partial charge in [-0.15, -0.1) is 10.2 Å². The van der Waals surface area contributed by atoms with Crippen molar-refractivity contribution in [3.05, 3.63) is 41.2 Å². The lowest BCUT2D eigenvalue weighted by Crippen LogP contribution is -2.15. The van der Waals surface area contributed by atoms with Crippen LogP contribution in [-0.2, 0) is 0 Å². The quantitative estimate of drug-likeness (QED) is 0.804. The van der Waals surface area contributed by atoms with E-state index in [-0.39, 0.29) is 6.04 Å². The second kappa shape index (κ2) is 3.68. The minimum Gasteiger partial charge on any atom is -0.318 e. The number of tetrazole rings is 1. The molecule has 1 aliphatic rings. The van der Waals surface area contributed by atoms with Crippen molar-refractivity contribution < 1.29 is 0 Å². The Morgan fingerprint density at radius 3 is 2.81 bits per heavy atom. The van der Waals surface area contributed by atoms with Crippen molar-refractivity contribution in [3.8, 4) is 0 Å². The van der Waals surface area contributed by atoms with Gasteiger partial charge in [0.2, 0.25) is 0 Å². The van der Waals surface area contributed by atoms with E-state index >= 15 is 0 Å². The molecule has 1 aromatic heterocycles. The third-order valence-corrected chi connectivity index (χ3v) is 2.99. The zero-order valence-corrected chi connectivity index (χ0v) is 8.80. The maximum Gasteiger partial charge on any atom is 0.195 e. The van der Waals surface area contributed by atoms with Gasteiger partial charge in [0.1, 0.15) is 0 Å². The maximum atomic E-state index is 6.14. The average Bonchev–Trinajstić information content (AvgIpc) is 3.03. The maximum absolute atomic E-state index is 6.14. The van der Waals surface area contributed by atoms with E-state index in [2.05, 4.69) is 38.8 Å². The molecule has 1 atom stereocenters. The molecule has 1 heterocycles. The molecule has 5 nitrogen and oxygen atoms in total. The number of hydrogen-bond acceptors (Lipinski definition) is 4. The number of nitrogens with zero attached hydrogens (tertiary/aromatic N) is 3. The monoisotopic (exact) mass is 215 g/mol. The van der Waals surface area contributed by atoms with Gasteiger partial charge in [-0.1, -0.05) is 29.5 Å². The number of hydrogen-bond donors (Lipinski definition) is 2. The number of benzene rings is 1. The van der Waals surface area contributed by atoms with Crippen LogP contribution in [0.5, 0.6) is 0 Å². The molecule has 1 aliphatic carbocycles. The van der Waals surface area contributed by atoms with E-state index in [4.69, 9.17) is 5.73 Å². The lowest BCUT2D eigenvalue weighted by Gasteiger charge is -2.12. The second-order valence-electron chi connectivity index (χ2n) is 4.15. The Bertz CT molecular complexity index is 475. The van der Waals surface area contributed by atoms with Crippen LogP contribution in [0.25, 0.3) is 0 Å². The molecule has 1 saturated carbocycles. The van der Waals surface area contributed by atoms with Crippen LogP contribution in [0, 0.1) is 0 Å². The molecule has 1 aromatic carbocycles. The molecule has 0 saturated heterocycles. The minimum absolute atomic E-state index is 0.282. The highest BCUT2D eigenvalue weighted by molar-refractivity contribution is 5.37. The van der Waals surface area contributed by atoms with Gasteiger partial charge in [0.05, 0.1) is 6.04 Å². The summed E-state index contributed by atoms with van der Waals surface area (Å²) in [4.78, 5) is 0. The highest BCUT2D eigenvalue weighted by atomic mass is 15.5. The summed E-state index contributed by atoms with van der Waals surface area (Å²) >= 11 is 0. The Hall–Kier alpha value is -1.75. The first kappa shape index (κ1) is 9.47. The van der Waals surface area contributed by atoms with Crippen LogP contribution < -0.4 is 5.73 Å². The Kier molecular flexibility index (Phi) is 2.18. The average molecular weight is 215 g/mol. The van der Waals surface area contributed by atoms with Gasteiger partial charge in [-0.3, -0.25) is 0 Å². The molecule has 3 N–H and O–H groups in total. The van der Waals surface area contributed by atoms with Crippen molar-refractivity contribution in [2.75, 3.05) is 0 Å². The molecule has 5 heteroatoms. The molecule has 0 amide bonds. The summed E-state index contributed by atoms with van der Waals surface area (Å²) in [6.07, 6.45) is 2.52. The highest BCUT2D eigenvalue weighted by Crippen LogP contribution is 2.43. The molecule has 0 spiro atoms. The van der Waals surface area contributed by atoms with Crippen LogP contribution in [0.4, 0.5) is 0 Å². The van der Waals surface area contributed by atoms with E-state index < -0.39 is 0 Å². The smallest absolute Gasteiger partial charge is 0.195 e. The van der Waals surface area contributed by atoms with Crippen LogP contribution in [-0.4, -0.2) is 20.6 Å². The van der Waals surface area contributed by atoms with Gasteiger partial charge < -0.3 is 5.73 Å². The van der Waals surface area contributed by atoms with Gasteiger partial charge in [-0.05, 0) is 29.9 Å². The zero-order chi connectivity index (χ0) is 11.0. The van der Waals surface area contributed by atoms with Crippen molar-refractivity contribution in [2.45, 2.75) is 24.8 Å². The van der Waals surface area contributed by atoms with E-state index in [9.17, 15) is 0 Å². The van der Waals surface area contributed by atoms with Crippen LogP contribution in [0.1, 0.15) is 41.8 Å². The molecular formula is C11H13N5. The van der Waals surface area contributed by atoms with Gasteiger partial charge in [0.15, 0.2) is 5.82 Å². The van der Waals surface area contributed by atoms with Gasteiger partial charge in [-0.2, -0.15) is 5.21 Å². The van der Waals surface area contributed by atoms with Crippen LogP contribution in [0.3, 0.4) is 0 Å². The zero-order valence-electron chi connectivity index (χ0n) is 8.80. The molecule has 16 heavy (non-hydrogen) atoms. The van der Waals surface area contributed by atoms with Gasteiger partial charge in [0.25, 0.3) is 0 Å². The largest absolute Gasteiger partial charge is 0.318 e. The molecule has 0 radical (unpaired) electrons. The number of aromatic nitrogens is 4. The standard InChI is InChI=1S/C11H13N5/c12-10(11-13-15-16-14-11)9-4-2-1-3-8(9)7-5-6-7/h1-4,7,10H,5-6,12H2,(H,13,14,15,16). The summed E-state index contributed by atoms with van der Waals surface area (Å²) in [5.41, 5.74) is 8.59. The predicted octanol–water partition coefficient (Wildman–Crippen LogP) is 1.13. The van der Waals surface area contributed by atoms with E-state index in [1.165, 1.54) is 18.4 Å². The summed E-state index contributed by atoms with van der Waals surface area (Å²) in [7, 11) is 0. The summed E-state index contributed by atoms with van der Waals surface area (Å²) in [5, 5.41) is 13.9. The number of rotatable bonds is 3. The van der Waals surface area contributed by atoms with Crippen LogP contribution in [0.15, 0.2) is 24.3 Å². The fourth-order valence-electron chi connectivity index (χ4n) is 2.00. The molecule has 1 unspecified atom stereocenters. The Morgan fingerprint density at radius 1 is 1.31 bits per heavy atom. The number of nitrogens with two attached hydrogens (primary N) is 1. The SMILES string of the molecule is NC(c1nn[nH]n1)c1ccccc1C1CC1. The second-order valence-corrected chi connectivity index (χ2v) is 4.15. The van der Waals surface area contributed by atoms with Gasteiger partial charge in [-0.25, -0.2) is 0 Å². The van der Waals surface area contributed by atoms with E-state index in [0.717, 1.165) is 5.56 Å². The molecular weight excluding hydrogens is 202 g/mol. The van der Waals surface area contributed by atoms with E-state index in [1.54, 1.807) is 0 Å². The summed E-state index contributed by atoms with van der Waals surface area (Å²) < 4.78 is 0. The van der Waals surface area contributed by atoms with E-state index in [0.29, 0.717) is 11.7 Å². The van der Waals surface area contributed by atoms with Crippen molar-refractivity contribution in [3.63, 3.8) is 0 Å². The Balaban J connectivity index is 1.99. The minimum atomic E-state index is -0.282. The Labute approximate surface area is 93.1 Å². The topological polar surface area (TPSA) is 80.5 Å². The summed E-state index contributed by atoms with van der Waals surface area (Å²) in [6, 6.07) is 7.97. The van der Waals surface area contributed by atoms with Gasteiger partial charge >= 0.3 is 0 Å². The van der Waals surface area contributed by atoms with Crippen LogP contribution >= 0.6 is 0 Å². The molecule has 82 valence electrons. The van der Waals surface area contributed by atoms with Crippen molar-refractivity contribution in [1.29, 1.82) is 0 Å². The van der Waals surface area contributed by atoms with Crippen molar-refractivity contribution >= 4 is 0 Å². The van der Waals surface area contributed by atoms with E-state index in [1.807, 2.05) is 6.07 Å².